The van der Waals surface area contributed by atoms with Gasteiger partial charge in [-0.15, -0.1) is 0 Å². The number of amides is 4. The number of carbonyl (C=O) groups excluding carboxylic acids is 3. The third kappa shape index (κ3) is 2.13. The van der Waals surface area contributed by atoms with E-state index in [4.69, 9.17) is 5.11 Å². The number of carbonyl (C=O) groups is 4. The Balaban J connectivity index is 3.08. The van der Waals surface area contributed by atoms with Crippen molar-refractivity contribution in [2.45, 2.75) is 26.7 Å². The summed E-state index contributed by atoms with van der Waals surface area (Å²) < 4.78 is 0. The quantitative estimate of drug-likeness (QED) is 0.594. The van der Waals surface area contributed by atoms with Crippen LogP contribution in [0, 0.1) is 11.3 Å². The molecule has 1 unspecified atom stereocenters. The van der Waals surface area contributed by atoms with E-state index in [0.717, 1.165) is 0 Å². The summed E-state index contributed by atoms with van der Waals surface area (Å²) in [4.78, 5) is 45.2. The minimum Gasteiger partial charge on any atom is -0.481 e. The lowest BCUT2D eigenvalue weighted by Crippen LogP contribution is -2.64. The summed E-state index contributed by atoms with van der Waals surface area (Å²) in [7, 11) is 0. The summed E-state index contributed by atoms with van der Waals surface area (Å²) in [5.41, 5.74) is -1.49. The Bertz CT molecular complexity index is 370. The van der Waals surface area contributed by atoms with Crippen molar-refractivity contribution in [3.8, 4) is 0 Å². The molecule has 0 bridgehead atoms. The Morgan fingerprint density at radius 2 is 1.76 bits per heavy atom. The van der Waals surface area contributed by atoms with Crippen LogP contribution in [0.1, 0.15) is 26.7 Å². The maximum Gasteiger partial charge on any atom is 0.328 e. The molecule has 1 heterocycles. The summed E-state index contributed by atoms with van der Waals surface area (Å²) >= 11 is 0. The van der Waals surface area contributed by atoms with Crippen molar-refractivity contribution < 1.29 is 24.3 Å². The van der Waals surface area contributed by atoms with E-state index in [2.05, 4.69) is 0 Å². The molecule has 1 fully saturated rings. The van der Waals surface area contributed by atoms with Gasteiger partial charge in [-0.3, -0.25) is 25.0 Å². The Hall–Kier alpha value is -1.92. The van der Waals surface area contributed by atoms with Gasteiger partial charge in [0.25, 0.3) is 0 Å². The highest BCUT2D eigenvalue weighted by molar-refractivity contribution is 6.19. The second-order valence-corrected chi connectivity index (χ2v) is 4.06. The number of barbiturate groups is 1. The molecule has 0 aromatic rings. The molecule has 4 amide bonds. The fraction of sp³-hybridized carbons (Fsp3) is 0.600. The van der Waals surface area contributed by atoms with Crippen LogP contribution in [0.2, 0.25) is 0 Å². The smallest absolute Gasteiger partial charge is 0.328 e. The van der Waals surface area contributed by atoms with Crippen LogP contribution in [0.5, 0.6) is 0 Å². The zero-order valence-corrected chi connectivity index (χ0v) is 9.57. The molecule has 1 atom stereocenters. The molecule has 0 spiro atoms. The van der Waals surface area contributed by atoms with Gasteiger partial charge in [0.15, 0.2) is 0 Å². The van der Waals surface area contributed by atoms with Crippen LogP contribution in [0.4, 0.5) is 4.79 Å². The van der Waals surface area contributed by atoms with Gasteiger partial charge in [0.2, 0.25) is 11.8 Å². The molecular weight excluding hydrogens is 228 g/mol. The Morgan fingerprint density at radius 1 is 1.29 bits per heavy atom. The monoisotopic (exact) mass is 242 g/mol. The van der Waals surface area contributed by atoms with Gasteiger partial charge in [0, 0.05) is 6.42 Å². The first-order chi connectivity index (χ1) is 7.84. The first kappa shape index (κ1) is 13.1. The summed E-state index contributed by atoms with van der Waals surface area (Å²) in [6, 6.07) is -0.869. The lowest BCUT2D eigenvalue weighted by Gasteiger charge is -2.37. The van der Waals surface area contributed by atoms with Crippen molar-refractivity contribution in [3.63, 3.8) is 0 Å². The molecule has 0 radical (unpaired) electrons. The molecule has 3 N–H and O–H groups in total. The van der Waals surface area contributed by atoms with Crippen LogP contribution in [0.3, 0.4) is 0 Å². The molecule has 0 saturated carbocycles. The van der Waals surface area contributed by atoms with Crippen LogP contribution in [0.15, 0.2) is 0 Å². The summed E-state index contributed by atoms with van der Waals surface area (Å²) in [6.07, 6.45) is -0.185. The third-order valence-electron chi connectivity index (χ3n) is 3.14. The Labute approximate surface area is 97.6 Å². The molecular formula is C10H14N2O5. The maximum atomic E-state index is 11.8. The van der Waals surface area contributed by atoms with Crippen molar-refractivity contribution in [1.82, 2.24) is 10.6 Å². The lowest BCUT2D eigenvalue weighted by atomic mass is 9.70. The van der Waals surface area contributed by atoms with Crippen molar-refractivity contribution >= 4 is 23.8 Å². The van der Waals surface area contributed by atoms with E-state index in [-0.39, 0.29) is 12.8 Å². The molecule has 1 aliphatic heterocycles. The lowest BCUT2D eigenvalue weighted by molar-refractivity contribution is -0.150. The highest BCUT2D eigenvalue weighted by Crippen LogP contribution is 2.36. The van der Waals surface area contributed by atoms with Gasteiger partial charge in [-0.2, -0.15) is 0 Å². The number of rotatable bonds is 4. The fourth-order valence-electron chi connectivity index (χ4n) is 2.12. The summed E-state index contributed by atoms with van der Waals surface area (Å²) in [5, 5.41) is 12.7. The van der Waals surface area contributed by atoms with Gasteiger partial charge in [0.05, 0.1) is 0 Å². The van der Waals surface area contributed by atoms with Crippen LogP contribution < -0.4 is 10.6 Å². The van der Waals surface area contributed by atoms with E-state index >= 15 is 0 Å². The number of imide groups is 2. The average Bonchev–Trinajstić information content (AvgIpc) is 2.16. The van der Waals surface area contributed by atoms with E-state index in [0.29, 0.717) is 0 Å². The molecule has 17 heavy (non-hydrogen) atoms. The molecule has 7 nitrogen and oxygen atoms in total. The topological polar surface area (TPSA) is 113 Å². The highest BCUT2D eigenvalue weighted by atomic mass is 16.4. The molecule has 0 aliphatic carbocycles. The van der Waals surface area contributed by atoms with E-state index in [9.17, 15) is 19.2 Å². The van der Waals surface area contributed by atoms with Gasteiger partial charge in [0.1, 0.15) is 5.41 Å². The predicted octanol–water partition coefficient (Wildman–Crippen LogP) is -0.140. The number of hydrogen-bond donors (Lipinski definition) is 3. The van der Waals surface area contributed by atoms with E-state index in [1.165, 1.54) is 6.92 Å². The van der Waals surface area contributed by atoms with Gasteiger partial charge < -0.3 is 5.11 Å². The van der Waals surface area contributed by atoms with Gasteiger partial charge >= 0.3 is 12.0 Å². The number of carboxylic acid groups (broad SMARTS) is 1. The number of carboxylic acids is 1. The maximum absolute atomic E-state index is 11.8. The van der Waals surface area contributed by atoms with Crippen LogP contribution in [-0.2, 0) is 14.4 Å². The van der Waals surface area contributed by atoms with E-state index in [1.54, 1.807) is 6.92 Å². The van der Waals surface area contributed by atoms with E-state index < -0.39 is 35.1 Å². The van der Waals surface area contributed by atoms with Crippen molar-refractivity contribution in [2.75, 3.05) is 0 Å². The number of aliphatic carboxylic acids is 1. The van der Waals surface area contributed by atoms with Gasteiger partial charge in [-0.05, 0) is 12.3 Å². The van der Waals surface area contributed by atoms with Crippen LogP contribution in [-0.4, -0.2) is 28.9 Å². The Morgan fingerprint density at radius 3 is 2.12 bits per heavy atom. The van der Waals surface area contributed by atoms with Gasteiger partial charge in [-0.1, -0.05) is 13.8 Å². The molecule has 1 aliphatic rings. The highest BCUT2D eigenvalue weighted by Gasteiger charge is 2.52. The zero-order valence-electron chi connectivity index (χ0n) is 9.57. The van der Waals surface area contributed by atoms with Crippen LogP contribution >= 0.6 is 0 Å². The summed E-state index contributed by atoms with van der Waals surface area (Å²) in [6.45, 7) is 3.11. The SMILES string of the molecule is CCC1(C(C)CC(=O)O)C(=O)NC(=O)NC1=O. The second-order valence-electron chi connectivity index (χ2n) is 4.06. The van der Waals surface area contributed by atoms with Crippen molar-refractivity contribution in [1.29, 1.82) is 0 Å². The normalized spacial score (nSPS) is 20.5. The minimum absolute atomic E-state index is 0.131. The van der Waals surface area contributed by atoms with Crippen molar-refractivity contribution in [3.05, 3.63) is 0 Å². The van der Waals surface area contributed by atoms with Crippen molar-refractivity contribution in [2.24, 2.45) is 11.3 Å². The molecule has 0 aromatic heterocycles. The zero-order chi connectivity index (χ0) is 13.2. The molecule has 7 heteroatoms. The predicted molar refractivity (Wildman–Crippen MR) is 55.8 cm³/mol. The number of hydrogen-bond acceptors (Lipinski definition) is 4. The van der Waals surface area contributed by atoms with Crippen LogP contribution in [0.25, 0.3) is 0 Å². The Kier molecular flexibility index (Phi) is 3.50. The molecule has 0 aromatic carbocycles. The minimum atomic E-state index is -1.49. The number of nitrogens with one attached hydrogen (secondary N) is 2. The van der Waals surface area contributed by atoms with Gasteiger partial charge in [-0.25, -0.2) is 4.79 Å². The first-order valence-electron chi connectivity index (χ1n) is 5.23. The number of urea groups is 1. The molecule has 1 saturated heterocycles. The summed E-state index contributed by atoms with van der Waals surface area (Å²) in [5.74, 6) is -3.26. The molecule has 1 rings (SSSR count). The average molecular weight is 242 g/mol. The largest absolute Gasteiger partial charge is 0.481 e. The fourth-order valence-corrected chi connectivity index (χ4v) is 2.12. The second kappa shape index (κ2) is 4.52. The third-order valence-corrected chi connectivity index (χ3v) is 3.14. The molecule has 94 valence electrons. The first-order valence-corrected chi connectivity index (χ1v) is 5.23. The van der Waals surface area contributed by atoms with E-state index in [1.807, 2.05) is 10.6 Å². The standard InChI is InChI=1S/C10H14N2O5/c1-3-10(5(2)4-6(13)14)7(15)11-9(17)12-8(10)16/h5H,3-4H2,1-2H3,(H,13,14)(H2,11,12,15,16,17).